The van der Waals surface area contributed by atoms with E-state index < -0.39 is 0 Å². The van der Waals surface area contributed by atoms with E-state index in [0.717, 1.165) is 12.8 Å². The lowest BCUT2D eigenvalue weighted by atomic mass is 9.92. The van der Waals surface area contributed by atoms with Crippen LogP contribution in [-0.2, 0) is 26.3 Å². The zero-order valence-corrected chi connectivity index (χ0v) is 14.4. The fourth-order valence-corrected chi connectivity index (χ4v) is 4.29. The number of aromatic nitrogens is 2. The van der Waals surface area contributed by atoms with Gasteiger partial charge in [0.25, 0.3) is 0 Å². The summed E-state index contributed by atoms with van der Waals surface area (Å²) in [7, 11) is 2.07. The summed E-state index contributed by atoms with van der Waals surface area (Å²) >= 11 is 3.98. The van der Waals surface area contributed by atoms with Gasteiger partial charge in [-0.2, -0.15) is 5.10 Å². The number of hydrogen-bond acceptors (Lipinski definition) is 1. The van der Waals surface area contributed by atoms with E-state index in [-0.39, 0.29) is 0 Å². The Morgan fingerprint density at radius 3 is 2.90 bits per heavy atom. The summed E-state index contributed by atoms with van der Waals surface area (Å²) in [6, 6.07) is 11.2. The average Bonchev–Trinajstić information content (AvgIpc) is 2.78. The van der Waals surface area contributed by atoms with Gasteiger partial charge in [-0.25, -0.2) is 0 Å². The van der Waals surface area contributed by atoms with Crippen molar-refractivity contribution in [3.63, 3.8) is 0 Å². The highest BCUT2D eigenvalue weighted by molar-refractivity contribution is 9.09. The predicted octanol–water partition coefficient (Wildman–Crippen LogP) is 4.61. The Bertz CT molecular complexity index is 617. The number of halogens is 1. The number of aryl methyl sites for hydroxylation is 3. The van der Waals surface area contributed by atoms with Crippen molar-refractivity contribution in [1.82, 2.24) is 9.78 Å². The van der Waals surface area contributed by atoms with Gasteiger partial charge >= 0.3 is 0 Å². The third-order valence-corrected chi connectivity index (χ3v) is 5.89. The van der Waals surface area contributed by atoms with Crippen LogP contribution in [0.25, 0.3) is 0 Å². The zero-order valence-electron chi connectivity index (χ0n) is 12.8. The lowest BCUT2D eigenvalue weighted by Gasteiger charge is -2.21. The van der Waals surface area contributed by atoms with E-state index in [1.165, 1.54) is 41.8 Å². The van der Waals surface area contributed by atoms with E-state index in [1.807, 2.05) is 0 Å². The summed E-state index contributed by atoms with van der Waals surface area (Å²) in [5.74, 6) is 0.647. The Morgan fingerprint density at radius 2 is 2.14 bits per heavy atom. The molecule has 1 heterocycles. The first kappa shape index (κ1) is 14.8. The molecule has 2 nitrogen and oxygen atoms in total. The molecular formula is C18H23BrN2. The minimum absolute atomic E-state index is 0.455. The summed E-state index contributed by atoms with van der Waals surface area (Å²) in [6.45, 7) is 2.17. The normalized spacial score (nSPS) is 21.9. The van der Waals surface area contributed by atoms with Gasteiger partial charge in [0.2, 0.25) is 0 Å². The van der Waals surface area contributed by atoms with E-state index in [1.54, 1.807) is 0 Å². The molecule has 1 aromatic carbocycles. The molecule has 0 N–H and O–H groups in total. The maximum Gasteiger partial charge on any atom is 0.0624 e. The maximum atomic E-state index is 4.59. The molecule has 21 heavy (non-hydrogen) atoms. The van der Waals surface area contributed by atoms with Crippen molar-refractivity contribution in [1.29, 1.82) is 0 Å². The number of fused-ring (bicyclic) bond motifs is 1. The first-order valence-corrected chi connectivity index (χ1v) is 8.84. The molecule has 0 radical (unpaired) electrons. The van der Waals surface area contributed by atoms with Gasteiger partial charge in [-0.1, -0.05) is 47.1 Å². The van der Waals surface area contributed by atoms with E-state index >= 15 is 0 Å². The molecule has 3 heteroatoms. The fourth-order valence-electron chi connectivity index (χ4n) is 3.40. The van der Waals surface area contributed by atoms with Crippen molar-refractivity contribution in [2.45, 2.75) is 43.9 Å². The second-order valence-electron chi connectivity index (χ2n) is 6.06. The average molecular weight is 347 g/mol. The second-order valence-corrected chi connectivity index (χ2v) is 7.05. The Morgan fingerprint density at radius 1 is 1.33 bits per heavy atom. The summed E-state index contributed by atoms with van der Waals surface area (Å²) in [6.07, 6.45) is 5.88. The van der Waals surface area contributed by atoms with E-state index in [9.17, 15) is 0 Å². The van der Waals surface area contributed by atoms with Crippen molar-refractivity contribution in [2.75, 3.05) is 0 Å². The van der Waals surface area contributed by atoms with Crippen molar-refractivity contribution in [3.05, 3.63) is 52.8 Å². The van der Waals surface area contributed by atoms with Gasteiger partial charge in [0.1, 0.15) is 0 Å². The van der Waals surface area contributed by atoms with Crippen LogP contribution in [0.1, 0.15) is 47.1 Å². The molecule has 112 valence electrons. The van der Waals surface area contributed by atoms with Crippen LogP contribution in [0.3, 0.4) is 0 Å². The van der Waals surface area contributed by atoms with Gasteiger partial charge in [0, 0.05) is 17.6 Å². The topological polar surface area (TPSA) is 17.8 Å². The van der Waals surface area contributed by atoms with Gasteiger partial charge in [-0.3, -0.25) is 4.68 Å². The quantitative estimate of drug-likeness (QED) is 0.585. The van der Waals surface area contributed by atoms with Crippen LogP contribution in [0, 0.1) is 5.92 Å². The summed E-state index contributed by atoms with van der Waals surface area (Å²) in [5, 5.41) is 4.59. The van der Waals surface area contributed by atoms with Crippen LogP contribution in [0.4, 0.5) is 0 Å². The van der Waals surface area contributed by atoms with Crippen molar-refractivity contribution < 1.29 is 0 Å². The van der Waals surface area contributed by atoms with Gasteiger partial charge < -0.3 is 0 Å². The monoisotopic (exact) mass is 346 g/mol. The smallest absolute Gasteiger partial charge is 0.0624 e. The first-order chi connectivity index (χ1) is 10.2. The first-order valence-electron chi connectivity index (χ1n) is 7.92. The van der Waals surface area contributed by atoms with E-state index in [0.29, 0.717) is 10.7 Å². The molecule has 3 rings (SSSR count). The SMILES string of the molecule is CCc1cc(CC2CCCc3ccccc3C2Br)n(C)n1. The van der Waals surface area contributed by atoms with Gasteiger partial charge in [0.15, 0.2) is 0 Å². The summed E-state index contributed by atoms with van der Waals surface area (Å²) in [5.41, 5.74) is 5.56. The van der Waals surface area contributed by atoms with Crippen LogP contribution in [0.15, 0.2) is 30.3 Å². The highest BCUT2D eigenvalue weighted by Crippen LogP contribution is 2.40. The minimum atomic E-state index is 0.455. The van der Waals surface area contributed by atoms with E-state index in [4.69, 9.17) is 0 Å². The number of alkyl halides is 1. The number of benzene rings is 1. The van der Waals surface area contributed by atoms with Crippen LogP contribution in [0.5, 0.6) is 0 Å². The summed E-state index contributed by atoms with van der Waals surface area (Å²) in [4.78, 5) is 0.455. The molecule has 2 atom stereocenters. The third kappa shape index (κ3) is 3.08. The molecule has 2 aromatic rings. The second kappa shape index (κ2) is 6.35. The highest BCUT2D eigenvalue weighted by Gasteiger charge is 2.26. The number of nitrogens with zero attached hydrogens (tertiary/aromatic N) is 2. The maximum absolute atomic E-state index is 4.59. The molecule has 1 aliphatic carbocycles. The van der Waals surface area contributed by atoms with Crippen molar-refractivity contribution >= 4 is 15.9 Å². The minimum Gasteiger partial charge on any atom is -0.272 e. The highest BCUT2D eigenvalue weighted by atomic mass is 79.9. The van der Waals surface area contributed by atoms with Gasteiger partial charge in [-0.05, 0) is 55.2 Å². The molecule has 2 unspecified atom stereocenters. The van der Waals surface area contributed by atoms with Crippen molar-refractivity contribution in [2.24, 2.45) is 13.0 Å². The molecule has 0 amide bonds. The largest absolute Gasteiger partial charge is 0.272 e. The molecule has 1 aliphatic rings. The number of hydrogen-bond donors (Lipinski definition) is 0. The molecule has 0 saturated carbocycles. The van der Waals surface area contributed by atoms with Crippen LogP contribution >= 0.6 is 15.9 Å². The third-order valence-electron chi connectivity index (χ3n) is 4.65. The molecule has 0 saturated heterocycles. The summed E-state index contributed by atoms with van der Waals surface area (Å²) < 4.78 is 2.06. The van der Waals surface area contributed by atoms with Crippen LogP contribution in [0.2, 0.25) is 0 Å². The fraction of sp³-hybridized carbons (Fsp3) is 0.500. The van der Waals surface area contributed by atoms with Gasteiger partial charge in [0.05, 0.1) is 5.69 Å². The zero-order chi connectivity index (χ0) is 14.8. The Kier molecular flexibility index (Phi) is 4.48. The number of rotatable bonds is 3. The van der Waals surface area contributed by atoms with E-state index in [2.05, 4.69) is 70.0 Å². The van der Waals surface area contributed by atoms with Crippen LogP contribution in [-0.4, -0.2) is 9.78 Å². The molecule has 0 fully saturated rings. The van der Waals surface area contributed by atoms with Gasteiger partial charge in [-0.15, -0.1) is 0 Å². The van der Waals surface area contributed by atoms with Crippen molar-refractivity contribution in [3.8, 4) is 0 Å². The molecule has 0 bridgehead atoms. The molecule has 0 aliphatic heterocycles. The molecule has 1 aromatic heterocycles. The lowest BCUT2D eigenvalue weighted by Crippen LogP contribution is -2.12. The Hall–Kier alpha value is -1.09. The predicted molar refractivity (Wildman–Crippen MR) is 90.8 cm³/mol. The molecule has 0 spiro atoms. The standard InChI is InChI=1S/C18H23BrN2/c1-3-15-12-16(21(2)20-15)11-14-9-6-8-13-7-4-5-10-17(13)18(14)19/h4-5,7,10,12,14,18H,3,6,8-9,11H2,1-2H3. The lowest BCUT2D eigenvalue weighted by molar-refractivity contribution is 0.460. The van der Waals surface area contributed by atoms with Crippen LogP contribution < -0.4 is 0 Å². The molecular weight excluding hydrogens is 324 g/mol. The Labute approximate surface area is 135 Å². The Balaban J connectivity index is 1.84.